The summed E-state index contributed by atoms with van der Waals surface area (Å²) in [6.45, 7) is 2.43. The summed E-state index contributed by atoms with van der Waals surface area (Å²) in [5.41, 5.74) is 1.03. The zero-order valence-electron chi connectivity index (χ0n) is 11.3. The zero-order chi connectivity index (χ0) is 13.9. The van der Waals surface area contributed by atoms with E-state index in [2.05, 4.69) is 5.32 Å². The predicted octanol–water partition coefficient (Wildman–Crippen LogP) is 1.98. The number of phenols is 1. The highest BCUT2D eigenvalue weighted by Gasteiger charge is 2.33. The number of amides is 1. The van der Waals surface area contributed by atoms with Gasteiger partial charge in [0, 0.05) is 12.0 Å². The Morgan fingerprint density at radius 2 is 2.05 bits per heavy atom. The largest absolute Gasteiger partial charge is 0.507 e. The summed E-state index contributed by atoms with van der Waals surface area (Å²) >= 11 is 0. The summed E-state index contributed by atoms with van der Waals surface area (Å²) in [7, 11) is 0. The minimum absolute atomic E-state index is 0.00182. The van der Waals surface area contributed by atoms with Gasteiger partial charge in [0.1, 0.15) is 5.75 Å². The van der Waals surface area contributed by atoms with E-state index in [1.807, 2.05) is 6.92 Å². The Labute approximate surface area is 113 Å². The number of phenolic OH excluding ortho intramolecular Hbond substituents is 1. The molecular formula is C15H21NO3. The van der Waals surface area contributed by atoms with Crippen molar-refractivity contribution in [2.75, 3.05) is 13.2 Å². The van der Waals surface area contributed by atoms with E-state index in [9.17, 15) is 15.0 Å². The van der Waals surface area contributed by atoms with Gasteiger partial charge in [-0.3, -0.25) is 4.79 Å². The number of carbonyl (C=O) groups excluding carboxylic acids is 1. The Balaban J connectivity index is 2.01. The standard InChI is InChI=1S/C15H21NO3/c1-11-4-5-12(13(18)8-11)14(19)16-9-15(10-17)6-2-3-7-15/h4-5,8,17-18H,2-3,6-7,9-10H2,1H3,(H,16,19). The van der Waals surface area contributed by atoms with E-state index in [1.54, 1.807) is 18.2 Å². The molecule has 0 aliphatic heterocycles. The van der Waals surface area contributed by atoms with E-state index in [-0.39, 0.29) is 29.2 Å². The van der Waals surface area contributed by atoms with Gasteiger partial charge in [-0.2, -0.15) is 0 Å². The lowest BCUT2D eigenvalue weighted by atomic mass is 9.87. The maximum atomic E-state index is 12.0. The Kier molecular flexibility index (Phi) is 4.10. The second kappa shape index (κ2) is 5.61. The number of carbonyl (C=O) groups is 1. The molecule has 1 saturated carbocycles. The third-order valence-electron chi connectivity index (χ3n) is 4.02. The van der Waals surface area contributed by atoms with Crippen LogP contribution in [0.5, 0.6) is 5.75 Å². The molecule has 0 radical (unpaired) electrons. The number of aromatic hydroxyl groups is 1. The van der Waals surface area contributed by atoms with Gasteiger partial charge in [-0.15, -0.1) is 0 Å². The summed E-state index contributed by atoms with van der Waals surface area (Å²) < 4.78 is 0. The van der Waals surface area contributed by atoms with Crippen LogP contribution in [0.4, 0.5) is 0 Å². The van der Waals surface area contributed by atoms with E-state index in [4.69, 9.17) is 0 Å². The van der Waals surface area contributed by atoms with Gasteiger partial charge in [0.25, 0.3) is 5.91 Å². The molecule has 0 unspecified atom stereocenters. The molecule has 0 bridgehead atoms. The van der Waals surface area contributed by atoms with Crippen LogP contribution in [0, 0.1) is 12.3 Å². The van der Waals surface area contributed by atoms with Gasteiger partial charge in [-0.25, -0.2) is 0 Å². The predicted molar refractivity (Wildman–Crippen MR) is 73.2 cm³/mol. The molecule has 2 rings (SSSR count). The molecule has 0 atom stereocenters. The van der Waals surface area contributed by atoms with Crippen LogP contribution in [0.15, 0.2) is 18.2 Å². The number of aryl methyl sites for hydroxylation is 1. The number of aliphatic hydroxyl groups excluding tert-OH is 1. The first-order chi connectivity index (χ1) is 9.06. The molecule has 4 nitrogen and oxygen atoms in total. The minimum atomic E-state index is -0.280. The molecule has 1 aliphatic rings. The van der Waals surface area contributed by atoms with Crippen molar-refractivity contribution in [2.45, 2.75) is 32.6 Å². The summed E-state index contributed by atoms with van der Waals surface area (Å²) in [6, 6.07) is 5.00. The van der Waals surface area contributed by atoms with Crippen LogP contribution in [0.25, 0.3) is 0 Å². The third kappa shape index (κ3) is 3.07. The van der Waals surface area contributed by atoms with Gasteiger partial charge < -0.3 is 15.5 Å². The first-order valence-corrected chi connectivity index (χ1v) is 6.75. The normalized spacial score (nSPS) is 17.4. The SMILES string of the molecule is Cc1ccc(C(=O)NCC2(CO)CCCC2)c(O)c1. The molecule has 0 heterocycles. The van der Waals surface area contributed by atoms with Crippen LogP contribution in [-0.2, 0) is 0 Å². The van der Waals surface area contributed by atoms with Crippen LogP contribution in [-0.4, -0.2) is 29.3 Å². The average molecular weight is 263 g/mol. The van der Waals surface area contributed by atoms with Crippen molar-refractivity contribution in [3.8, 4) is 5.75 Å². The third-order valence-corrected chi connectivity index (χ3v) is 4.02. The molecular weight excluding hydrogens is 242 g/mol. The number of hydrogen-bond donors (Lipinski definition) is 3. The van der Waals surface area contributed by atoms with Crippen molar-refractivity contribution in [3.05, 3.63) is 29.3 Å². The van der Waals surface area contributed by atoms with E-state index in [0.29, 0.717) is 6.54 Å². The summed E-state index contributed by atoms with van der Waals surface area (Å²) in [5, 5.41) is 22.1. The quantitative estimate of drug-likeness (QED) is 0.778. The highest BCUT2D eigenvalue weighted by atomic mass is 16.3. The smallest absolute Gasteiger partial charge is 0.255 e. The molecule has 1 aromatic carbocycles. The van der Waals surface area contributed by atoms with Crippen LogP contribution in [0.2, 0.25) is 0 Å². The van der Waals surface area contributed by atoms with Crippen LogP contribution in [0.1, 0.15) is 41.6 Å². The highest BCUT2D eigenvalue weighted by Crippen LogP contribution is 2.37. The maximum Gasteiger partial charge on any atom is 0.255 e. The minimum Gasteiger partial charge on any atom is -0.507 e. The molecule has 1 fully saturated rings. The van der Waals surface area contributed by atoms with E-state index < -0.39 is 0 Å². The second-order valence-electron chi connectivity index (χ2n) is 5.57. The fraction of sp³-hybridized carbons (Fsp3) is 0.533. The zero-order valence-corrected chi connectivity index (χ0v) is 11.3. The number of aliphatic hydroxyl groups is 1. The average Bonchev–Trinajstić information content (AvgIpc) is 2.85. The molecule has 1 aliphatic carbocycles. The van der Waals surface area contributed by atoms with Crippen molar-refractivity contribution in [3.63, 3.8) is 0 Å². The Hall–Kier alpha value is -1.55. The number of benzene rings is 1. The highest BCUT2D eigenvalue weighted by molar-refractivity contribution is 5.96. The van der Waals surface area contributed by atoms with Crippen LogP contribution >= 0.6 is 0 Å². The Bertz CT molecular complexity index is 464. The molecule has 1 amide bonds. The van der Waals surface area contributed by atoms with Gasteiger partial charge in [0.2, 0.25) is 0 Å². The van der Waals surface area contributed by atoms with Crippen molar-refractivity contribution in [1.29, 1.82) is 0 Å². The molecule has 0 aromatic heterocycles. The molecule has 3 N–H and O–H groups in total. The van der Waals surface area contributed by atoms with Gasteiger partial charge in [0.05, 0.1) is 12.2 Å². The van der Waals surface area contributed by atoms with Crippen molar-refractivity contribution in [2.24, 2.45) is 5.41 Å². The van der Waals surface area contributed by atoms with Gasteiger partial charge >= 0.3 is 0 Å². The summed E-state index contributed by atoms with van der Waals surface area (Å²) in [4.78, 5) is 12.0. The van der Waals surface area contributed by atoms with Gasteiger partial charge in [0.15, 0.2) is 0 Å². The van der Waals surface area contributed by atoms with E-state index >= 15 is 0 Å². The molecule has 0 saturated heterocycles. The molecule has 19 heavy (non-hydrogen) atoms. The number of nitrogens with one attached hydrogen (secondary N) is 1. The van der Waals surface area contributed by atoms with E-state index in [0.717, 1.165) is 31.2 Å². The first-order valence-electron chi connectivity index (χ1n) is 6.75. The number of rotatable bonds is 4. The molecule has 4 heteroatoms. The molecule has 1 aromatic rings. The Morgan fingerprint density at radius 3 is 2.63 bits per heavy atom. The lowest BCUT2D eigenvalue weighted by molar-refractivity contribution is 0.0878. The lowest BCUT2D eigenvalue weighted by Gasteiger charge is -2.26. The topological polar surface area (TPSA) is 69.6 Å². The van der Waals surface area contributed by atoms with Crippen molar-refractivity contribution >= 4 is 5.91 Å². The Morgan fingerprint density at radius 1 is 1.37 bits per heavy atom. The van der Waals surface area contributed by atoms with Gasteiger partial charge in [-0.1, -0.05) is 18.9 Å². The first kappa shape index (κ1) is 13.9. The summed E-state index contributed by atoms with van der Waals surface area (Å²) in [5.74, 6) is -0.279. The maximum absolute atomic E-state index is 12.0. The fourth-order valence-electron chi connectivity index (χ4n) is 2.71. The monoisotopic (exact) mass is 263 g/mol. The lowest BCUT2D eigenvalue weighted by Crippen LogP contribution is -2.38. The fourth-order valence-corrected chi connectivity index (χ4v) is 2.71. The van der Waals surface area contributed by atoms with Crippen molar-refractivity contribution in [1.82, 2.24) is 5.32 Å². The van der Waals surface area contributed by atoms with Crippen LogP contribution in [0.3, 0.4) is 0 Å². The second-order valence-corrected chi connectivity index (χ2v) is 5.57. The van der Waals surface area contributed by atoms with Crippen LogP contribution < -0.4 is 5.32 Å². The molecule has 0 spiro atoms. The molecule has 104 valence electrons. The van der Waals surface area contributed by atoms with E-state index in [1.165, 1.54) is 0 Å². The van der Waals surface area contributed by atoms with Crippen molar-refractivity contribution < 1.29 is 15.0 Å². The summed E-state index contributed by atoms with van der Waals surface area (Å²) in [6.07, 6.45) is 4.10. The van der Waals surface area contributed by atoms with Gasteiger partial charge in [-0.05, 0) is 37.5 Å². The number of hydrogen-bond acceptors (Lipinski definition) is 3.